The van der Waals surface area contributed by atoms with Crippen LogP contribution in [0.1, 0.15) is 35.0 Å². The molecule has 0 aliphatic carbocycles. The zero-order valence-electron chi connectivity index (χ0n) is 16.8. The van der Waals surface area contributed by atoms with Gasteiger partial charge in [-0.25, -0.2) is 0 Å². The van der Waals surface area contributed by atoms with Gasteiger partial charge < -0.3 is 19.8 Å². The first-order valence-corrected chi connectivity index (χ1v) is 9.99. The number of para-hydroxylation sites is 1. The van der Waals surface area contributed by atoms with Crippen LogP contribution in [0.25, 0.3) is 0 Å². The van der Waals surface area contributed by atoms with E-state index in [1.807, 2.05) is 13.8 Å². The molecule has 3 aromatic rings. The van der Waals surface area contributed by atoms with E-state index in [2.05, 4.69) is 10.6 Å². The lowest BCUT2D eigenvalue weighted by molar-refractivity contribution is -0.122. The van der Waals surface area contributed by atoms with E-state index in [9.17, 15) is 9.59 Å². The van der Waals surface area contributed by atoms with E-state index >= 15 is 0 Å². The van der Waals surface area contributed by atoms with Crippen LogP contribution in [0, 0.1) is 6.92 Å². The Labute approximate surface area is 180 Å². The molecule has 7 heteroatoms. The molecule has 0 fully saturated rings. The molecule has 0 unspecified atom stereocenters. The molecular formula is C23H23ClN2O4. The Hall–Kier alpha value is -3.25. The van der Waals surface area contributed by atoms with E-state index in [-0.39, 0.29) is 18.4 Å². The standard InChI is InChI=1S/C23H23ClN2O4/c1-3-21(30-16-10-11-19(24)15(2)13-16)23(28)26-20-9-5-4-8-18(20)22(27)25-14-17-7-6-12-29-17/h4-13,21H,3,14H2,1-2H3,(H,25,27)(H,26,28)/t21-/m0/s1. The van der Waals surface area contributed by atoms with Gasteiger partial charge in [-0.3, -0.25) is 9.59 Å². The third kappa shape index (κ3) is 5.42. The summed E-state index contributed by atoms with van der Waals surface area (Å²) in [6.45, 7) is 3.98. The monoisotopic (exact) mass is 426 g/mol. The van der Waals surface area contributed by atoms with Crippen molar-refractivity contribution in [3.8, 4) is 5.75 Å². The molecule has 0 spiro atoms. The number of nitrogens with one attached hydrogen (secondary N) is 2. The fourth-order valence-corrected chi connectivity index (χ4v) is 2.97. The Morgan fingerprint density at radius 2 is 1.93 bits per heavy atom. The minimum Gasteiger partial charge on any atom is -0.481 e. The molecule has 0 aliphatic heterocycles. The van der Waals surface area contributed by atoms with Crippen molar-refractivity contribution >= 4 is 29.1 Å². The number of carbonyl (C=O) groups is 2. The van der Waals surface area contributed by atoms with Gasteiger partial charge in [-0.1, -0.05) is 30.7 Å². The number of hydrogen-bond acceptors (Lipinski definition) is 4. The lowest BCUT2D eigenvalue weighted by Gasteiger charge is -2.19. The second-order valence-corrected chi connectivity index (χ2v) is 7.13. The van der Waals surface area contributed by atoms with Crippen LogP contribution in [0.4, 0.5) is 5.69 Å². The maximum Gasteiger partial charge on any atom is 0.265 e. The first kappa shape index (κ1) is 21.5. The predicted octanol–water partition coefficient (Wildman–Crippen LogP) is 4.97. The van der Waals surface area contributed by atoms with Crippen LogP contribution in [0.5, 0.6) is 5.75 Å². The van der Waals surface area contributed by atoms with Crippen molar-refractivity contribution in [2.24, 2.45) is 0 Å². The SMILES string of the molecule is CC[C@H](Oc1ccc(Cl)c(C)c1)C(=O)Nc1ccccc1C(=O)NCc1ccco1. The zero-order valence-corrected chi connectivity index (χ0v) is 17.5. The van der Waals surface area contributed by atoms with E-state index in [1.54, 1.807) is 60.9 Å². The topological polar surface area (TPSA) is 80.6 Å². The molecule has 3 rings (SSSR count). The molecule has 30 heavy (non-hydrogen) atoms. The number of halogens is 1. The summed E-state index contributed by atoms with van der Waals surface area (Å²) in [5, 5.41) is 6.22. The second-order valence-electron chi connectivity index (χ2n) is 6.72. The molecule has 1 aromatic heterocycles. The molecule has 0 radical (unpaired) electrons. The summed E-state index contributed by atoms with van der Waals surface area (Å²) in [4.78, 5) is 25.4. The normalized spacial score (nSPS) is 11.6. The van der Waals surface area contributed by atoms with Crippen LogP contribution >= 0.6 is 11.6 Å². The Bertz CT molecular complexity index is 1020. The largest absolute Gasteiger partial charge is 0.481 e. The van der Waals surface area contributed by atoms with Gasteiger partial charge in [0.25, 0.3) is 11.8 Å². The minimum absolute atomic E-state index is 0.255. The van der Waals surface area contributed by atoms with Crippen LogP contribution in [0.15, 0.2) is 65.3 Å². The molecule has 0 saturated heterocycles. The average Bonchev–Trinajstić information content (AvgIpc) is 3.26. The maximum absolute atomic E-state index is 12.8. The number of amides is 2. The smallest absolute Gasteiger partial charge is 0.265 e. The van der Waals surface area contributed by atoms with Crippen LogP contribution in [-0.2, 0) is 11.3 Å². The van der Waals surface area contributed by atoms with Crippen molar-refractivity contribution < 1.29 is 18.7 Å². The van der Waals surface area contributed by atoms with E-state index in [1.165, 1.54) is 0 Å². The van der Waals surface area contributed by atoms with E-state index < -0.39 is 6.10 Å². The highest BCUT2D eigenvalue weighted by Crippen LogP contribution is 2.23. The summed E-state index contributed by atoms with van der Waals surface area (Å²) >= 11 is 6.05. The number of rotatable bonds is 8. The third-order valence-corrected chi connectivity index (χ3v) is 4.93. The van der Waals surface area contributed by atoms with Crippen LogP contribution in [0.2, 0.25) is 5.02 Å². The van der Waals surface area contributed by atoms with Crippen molar-refractivity contribution in [3.05, 3.63) is 82.8 Å². The predicted molar refractivity (Wildman–Crippen MR) is 116 cm³/mol. The van der Waals surface area contributed by atoms with Gasteiger partial charge in [0.2, 0.25) is 0 Å². The van der Waals surface area contributed by atoms with Crippen LogP contribution in [-0.4, -0.2) is 17.9 Å². The molecule has 2 N–H and O–H groups in total. The fourth-order valence-electron chi connectivity index (χ4n) is 2.86. The van der Waals surface area contributed by atoms with Crippen molar-refractivity contribution in [2.75, 3.05) is 5.32 Å². The molecule has 0 aliphatic rings. The number of anilines is 1. The van der Waals surface area contributed by atoms with Gasteiger partial charge in [0, 0.05) is 5.02 Å². The molecular weight excluding hydrogens is 404 g/mol. The Kier molecular flexibility index (Phi) is 7.14. The second kappa shape index (κ2) is 9.98. The van der Waals surface area contributed by atoms with Gasteiger partial charge in [-0.05, 0) is 61.4 Å². The number of hydrogen-bond donors (Lipinski definition) is 2. The number of ether oxygens (including phenoxy) is 1. The lowest BCUT2D eigenvalue weighted by Crippen LogP contribution is -2.33. The van der Waals surface area contributed by atoms with Gasteiger partial charge in [-0.2, -0.15) is 0 Å². The summed E-state index contributed by atoms with van der Waals surface area (Å²) in [6, 6.07) is 15.6. The Morgan fingerprint density at radius 1 is 1.13 bits per heavy atom. The molecule has 1 atom stereocenters. The number of carbonyl (C=O) groups excluding carboxylic acids is 2. The molecule has 0 saturated carbocycles. The Balaban J connectivity index is 1.68. The summed E-state index contributed by atoms with van der Waals surface area (Å²) in [6.07, 6.45) is 1.29. The molecule has 1 heterocycles. The lowest BCUT2D eigenvalue weighted by atomic mass is 10.1. The number of benzene rings is 2. The highest BCUT2D eigenvalue weighted by molar-refractivity contribution is 6.31. The van der Waals surface area contributed by atoms with Crippen molar-refractivity contribution in [1.82, 2.24) is 5.32 Å². The van der Waals surface area contributed by atoms with E-state index in [4.69, 9.17) is 20.8 Å². The summed E-state index contributed by atoms with van der Waals surface area (Å²) in [7, 11) is 0. The quantitative estimate of drug-likeness (QED) is 0.533. The van der Waals surface area contributed by atoms with Crippen molar-refractivity contribution in [1.29, 1.82) is 0 Å². The first-order valence-electron chi connectivity index (χ1n) is 9.61. The van der Waals surface area contributed by atoms with Crippen molar-refractivity contribution in [2.45, 2.75) is 32.9 Å². The Morgan fingerprint density at radius 3 is 2.63 bits per heavy atom. The summed E-state index contributed by atoms with van der Waals surface area (Å²) in [5.74, 6) is 0.548. The van der Waals surface area contributed by atoms with Gasteiger partial charge in [0.05, 0.1) is 24.1 Å². The highest BCUT2D eigenvalue weighted by Gasteiger charge is 2.21. The molecule has 0 bridgehead atoms. The van der Waals surface area contributed by atoms with Gasteiger partial charge >= 0.3 is 0 Å². The summed E-state index contributed by atoms with van der Waals surface area (Å²) < 4.78 is 11.1. The van der Waals surface area contributed by atoms with E-state index in [0.717, 1.165) is 5.56 Å². The zero-order chi connectivity index (χ0) is 21.5. The van der Waals surface area contributed by atoms with Crippen LogP contribution in [0.3, 0.4) is 0 Å². The van der Waals surface area contributed by atoms with E-state index in [0.29, 0.717) is 34.2 Å². The molecule has 2 aromatic carbocycles. The molecule has 156 valence electrons. The van der Waals surface area contributed by atoms with Crippen molar-refractivity contribution in [3.63, 3.8) is 0 Å². The first-order chi connectivity index (χ1) is 14.5. The molecule has 2 amide bonds. The number of furan rings is 1. The minimum atomic E-state index is -0.718. The average molecular weight is 427 g/mol. The molecule has 6 nitrogen and oxygen atoms in total. The maximum atomic E-state index is 12.8. The fraction of sp³-hybridized carbons (Fsp3) is 0.217. The third-order valence-electron chi connectivity index (χ3n) is 4.50. The van der Waals surface area contributed by atoms with Crippen LogP contribution < -0.4 is 15.4 Å². The summed E-state index contributed by atoms with van der Waals surface area (Å²) in [5.41, 5.74) is 1.63. The highest BCUT2D eigenvalue weighted by atomic mass is 35.5. The number of aryl methyl sites for hydroxylation is 1. The van der Waals surface area contributed by atoms with Gasteiger partial charge in [0.1, 0.15) is 11.5 Å². The van der Waals surface area contributed by atoms with Gasteiger partial charge in [0.15, 0.2) is 6.10 Å². The van der Waals surface area contributed by atoms with Gasteiger partial charge in [-0.15, -0.1) is 0 Å².